The fourth-order valence-corrected chi connectivity index (χ4v) is 5.40. The number of pyridine rings is 1. The molecule has 3 heterocycles. The molecule has 1 fully saturated rings. The monoisotopic (exact) mass is 371 g/mol. The van der Waals surface area contributed by atoms with Gasteiger partial charge in [-0.15, -0.1) is 0 Å². The van der Waals surface area contributed by atoms with Crippen molar-refractivity contribution in [2.75, 3.05) is 18.6 Å². The van der Waals surface area contributed by atoms with Gasteiger partial charge in [0.05, 0.1) is 23.2 Å². The lowest BCUT2D eigenvalue weighted by atomic mass is 10.1. The van der Waals surface area contributed by atoms with E-state index in [0.717, 1.165) is 27.5 Å². The van der Waals surface area contributed by atoms with E-state index in [-0.39, 0.29) is 23.5 Å². The van der Waals surface area contributed by atoms with E-state index in [1.807, 2.05) is 30.5 Å². The first kappa shape index (κ1) is 17.0. The smallest absolute Gasteiger partial charge is 0.222 e. The molecule has 1 N–H and O–H groups in total. The molecule has 0 radical (unpaired) electrons. The largest absolute Gasteiger partial charge is 0.353 e. The number of rotatable bonds is 4. The number of fused-ring (bicyclic) bond motifs is 3. The minimum atomic E-state index is -2.99. The van der Waals surface area contributed by atoms with Crippen molar-refractivity contribution in [3.8, 4) is 0 Å². The van der Waals surface area contributed by atoms with E-state index in [1.54, 1.807) is 11.9 Å². The number of aryl methyl sites for hydroxylation is 1. The zero-order chi connectivity index (χ0) is 18.3. The van der Waals surface area contributed by atoms with Crippen molar-refractivity contribution < 1.29 is 13.2 Å². The van der Waals surface area contributed by atoms with Crippen LogP contribution in [0, 0.1) is 0 Å². The SMILES string of the molecule is CN(C(=O)CCc1cc2c(cn1)[nH]c1ccccc12)C1CCS(=O)(=O)C1. The van der Waals surface area contributed by atoms with Crippen molar-refractivity contribution >= 4 is 37.6 Å². The maximum absolute atomic E-state index is 12.4. The fraction of sp³-hybridized carbons (Fsp3) is 0.368. The maximum atomic E-state index is 12.4. The fourth-order valence-electron chi connectivity index (χ4n) is 3.63. The summed E-state index contributed by atoms with van der Waals surface area (Å²) in [7, 11) is -1.29. The van der Waals surface area contributed by atoms with Gasteiger partial charge in [0.25, 0.3) is 0 Å². The molecule has 1 aliphatic rings. The van der Waals surface area contributed by atoms with E-state index in [4.69, 9.17) is 0 Å². The molecule has 0 bridgehead atoms. The van der Waals surface area contributed by atoms with Crippen LogP contribution in [0.1, 0.15) is 18.5 Å². The Balaban J connectivity index is 1.47. The number of aromatic nitrogens is 2. The third-order valence-corrected chi connectivity index (χ3v) is 6.94. The predicted octanol–water partition coefficient (Wildman–Crippen LogP) is 2.29. The van der Waals surface area contributed by atoms with Crippen LogP contribution in [0.5, 0.6) is 0 Å². The number of nitrogens with one attached hydrogen (secondary N) is 1. The van der Waals surface area contributed by atoms with Crippen LogP contribution in [0.2, 0.25) is 0 Å². The molecule has 2 aromatic heterocycles. The molecule has 4 rings (SSSR count). The minimum absolute atomic E-state index is 0.0343. The van der Waals surface area contributed by atoms with Crippen LogP contribution in [0.25, 0.3) is 21.8 Å². The molecule has 0 spiro atoms. The Morgan fingerprint density at radius 1 is 1.27 bits per heavy atom. The van der Waals surface area contributed by atoms with Gasteiger partial charge in [0, 0.05) is 41.5 Å². The number of amides is 1. The Morgan fingerprint density at radius 2 is 2.08 bits per heavy atom. The third kappa shape index (κ3) is 3.19. The van der Waals surface area contributed by atoms with Crippen LogP contribution in [0.3, 0.4) is 0 Å². The second-order valence-corrected chi connectivity index (χ2v) is 9.18. The van der Waals surface area contributed by atoms with Gasteiger partial charge in [-0.2, -0.15) is 0 Å². The van der Waals surface area contributed by atoms with E-state index < -0.39 is 9.84 Å². The molecular weight excluding hydrogens is 350 g/mol. The average Bonchev–Trinajstić information content (AvgIpc) is 3.18. The van der Waals surface area contributed by atoms with Gasteiger partial charge in [-0.1, -0.05) is 18.2 Å². The van der Waals surface area contributed by atoms with Gasteiger partial charge < -0.3 is 9.88 Å². The molecule has 1 unspecified atom stereocenters. The zero-order valence-corrected chi connectivity index (χ0v) is 15.4. The van der Waals surface area contributed by atoms with Gasteiger partial charge in [0.15, 0.2) is 9.84 Å². The van der Waals surface area contributed by atoms with Crippen molar-refractivity contribution in [1.82, 2.24) is 14.9 Å². The van der Waals surface area contributed by atoms with Crippen LogP contribution >= 0.6 is 0 Å². The zero-order valence-electron chi connectivity index (χ0n) is 14.6. The molecule has 7 heteroatoms. The molecule has 1 saturated heterocycles. The number of aromatic amines is 1. The standard InChI is InChI=1S/C19H21N3O3S/c1-22(14-8-9-26(24,25)12-14)19(23)7-6-13-10-16-15-4-2-3-5-17(15)21-18(16)11-20-13/h2-5,10-11,14,21H,6-9,12H2,1H3. The number of H-pyrrole nitrogens is 1. The number of carbonyl (C=O) groups excluding carboxylic acids is 1. The van der Waals surface area contributed by atoms with Crippen molar-refractivity contribution in [2.45, 2.75) is 25.3 Å². The van der Waals surface area contributed by atoms with Gasteiger partial charge in [0.2, 0.25) is 5.91 Å². The summed E-state index contributed by atoms with van der Waals surface area (Å²) in [6, 6.07) is 9.92. The second-order valence-electron chi connectivity index (χ2n) is 6.95. The summed E-state index contributed by atoms with van der Waals surface area (Å²) in [6.07, 6.45) is 3.21. The second kappa shape index (κ2) is 6.39. The normalized spacial score (nSPS) is 19.2. The Hall–Kier alpha value is -2.41. The molecule has 3 aromatic rings. The van der Waals surface area contributed by atoms with E-state index >= 15 is 0 Å². The first-order valence-corrected chi connectivity index (χ1v) is 10.6. The lowest BCUT2D eigenvalue weighted by Crippen LogP contribution is -2.37. The van der Waals surface area contributed by atoms with E-state index in [0.29, 0.717) is 19.3 Å². The summed E-state index contributed by atoms with van der Waals surface area (Å²) in [4.78, 5) is 21.8. The number of hydrogen-bond donors (Lipinski definition) is 1. The number of benzene rings is 1. The summed E-state index contributed by atoms with van der Waals surface area (Å²) in [6.45, 7) is 0. The van der Waals surface area contributed by atoms with Crippen molar-refractivity contribution in [3.63, 3.8) is 0 Å². The highest BCUT2D eigenvalue weighted by Crippen LogP contribution is 2.25. The van der Waals surface area contributed by atoms with E-state index in [9.17, 15) is 13.2 Å². The van der Waals surface area contributed by atoms with Crippen molar-refractivity contribution in [1.29, 1.82) is 0 Å². The van der Waals surface area contributed by atoms with Gasteiger partial charge >= 0.3 is 0 Å². The van der Waals surface area contributed by atoms with Crippen molar-refractivity contribution in [2.24, 2.45) is 0 Å². The highest BCUT2D eigenvalue weighted by atomic mass is 32.2. The van der Waals surface area contributed by atoms with E-state index in [1.165, 1.54) is 0 Å². The molecular formula is C19H21N3O3S. The van der Waals surface area contributed by atoms with Gasteiger partial charge in [-0.3, -0.25) is 9.78 Å². The first-order chi connectivity index (χ1) is 12.4. The molecule has 26 heavy (non-hydrogen) atoms. The van der Waals surface area contributed by atoms with Crippen LogP contribution < -0.4 is 0 Å². The highest BCUT2D eigenvalue weighted by Gasteiger charge is 2.32. The summed E-state index contributed by atoms with van der Waals surface area (Å²) < 4.78 is 23.2. The molecule has 1 atom stereocenters. The quantitative estimate of drug-likeness (QED) is 0.763. The summed E-state index contributed by atoms with van der Waals surface area (Å²) in [5.41, 5.74) is 2.91. The Kier molecular flexibility index (Phi) is 4.19. The lowest BCUT2D eigenvalue weighted by molar-refractivity contribution is -0.131. The average molecular weight is 371 g/mol. The van der Waals surface area contributed by atoms with E-state index in [2.05, 4.69) is 16.0 Å². The molecule has 1 aliphatic heterocycles. The van der Waals surface area contributed by atoms with Crippen LogP contribution in [0.15, 0.2) is 36.5 Å². The van der Waals surface area contributed by atoms with Gasteiger partial charge in [-0.25, -0.2) is 8.42 Å². The molecule has 1 aromatic carbocycles. The van der Waals surface area contributed by atoms with Crippen LogP contribution in [-0.2, 0) is 21.1 Å². The first-order valence-electron chi connectivity index (χ1n) is 8.74. The number of para-hydroxylation sites is 1. The number of carbonyl (C=O) groups is 1. The maximum Gasteiger partial charge on any atom is 0.222 e. The lowest BCUT2D eigenvalue weighted by Gasteiger charge is -2.23. The Labute approximate surface area is 152 Å². The minimum Gasteiger partial charge on any atom is -0.353 e. The number of nitrogens with zero attached hydrogens (tertiary/aromatic N) is 2. The van der Waals surface area contributed by atoms with Gasteiger partial charge in [-0.05, 0) is 25.0 Å². The van der Waals surface area contributed by atoms with Crippen molar-refractivity contribution in [3.05, 3.63) is 42.2 Å². The molecule has 1 amide bonds. The van der Waals surface area contributed by atoms with Crippen LogP contribution in [-0.4, -0.2) is 53.8 Å². The van der Waals surface area contributed by atoms with Gasteiger partial charge in [0.1, 0.15) is 0 Å². The van der Waals surface area contributed by atoms with Crippen LogP contribution in [0.4, 0.5) is 0 Å². The molecule has 6 nitrogen and oxygen atoms in total. The molecule has 0 saturated carbocycles. The number of hydrogen-bond acceptors (Lipinski definition) is 4. The summed E-state index contributed by atoms with van der Waals surface area (Å²) in [5.74, 6) is 0.219. The third-order valence-electron chi connectivity index (χ3n) is 5.19. The predicted molar refractivity (Wildman–Crippen MR) is 102 cm³/mol. The number of sulfone groups is 1. The topological polar surface area (TPSA) is 83.1 Å². The molecule has 0 aliphatic carbocycles. The Bertz CT molecular complexity index is 1090. The molecule has 136 valence electrons. The highest BCUT2D eigenvalue weighted by molar-refractivity contribution is 7.91. The summed E-state index contributed by atoms with van der Waals surface area (Å²) >= 11 is 0. The summed E-state index contributed by atoms with van der Waals surface area (Å²) in [5, 5.41) is 2.25. The Morgan fingerprint density at radius 3 is 2.85 bits per heavy atom.